The number of hydrogen-bond acceptors (Lipinski definition) is 5. The molecule has 1 aromatic rings. The van der Waals surface area contributed by atoms with Gasteiger partial charge >= 0.3 is 6.01 Å². The van der Waals surface area contributed by atoms with Crippen LogP contribution in [0.3, 0.4) is 0 Å². The number of nitrogens with two attached hydrogens (primary N) is 1. The lowest BCUT2D eigenvalue weighted by Gasteiger charge is -2.15. The van der Waals surface area contributed by atoms with Gasteiger partial charge in [-0.25, -0.2) is 0 Å². The number of nitrogens with zero attached hydrogens (tertiary/aromatic N) is 3. The van der Waals surface area contributed by atoms with Gasteiger partial charge in [0.25, 0.3) is 0 Å². The molecule has 78 valence electrons. The Bertz CT molecular complexity index is 306. The maximum absolute atomic E-state index is 5.68. The molecule has 0 aliphatic heterocycles. The Labute approximate surface area is 83.3 Å². The third-order valence-corrected chi connectivity index (χ3v) is 2.26. The van der Waals surface area contributed by atoms with E-state index >= 15 is 0 Å². The van der Waals surface area contributed by atoms with Crippen LogP contribution in [0.2, 0.25) is 0 Å². The average Bonchev–Trinajstić information content (AvgIpc) is 2.82. The van der Waals surface area contributed by atoms with Crippen molar-refractivity contribution in [3.05, 3.63) is 5.82 Å². The van der Waals surface area contributed by atoms with Crippen molar-refractivity contribution >= 4 is 6.01 Å². The number of aromatic nitrogens is 2. The van der Waals surface area contributed by atoms with E-state index in [1.807, 2.05) is 18.9 Å². The largest absolute Gasteiger partial charge is 0.326 e. The minimum atomic E-state index is 0.108. The van der Waals surface area contributed by atoms with E-state index in [4.69, 9.17) is 10.3 Å². The van der Waals surface area contributed by atoms with E-state index in [2.05, 4.69) is 10.1 Å². The molecule has 14 heavy (non-hydrogen) atoms. The first kappa shape index (κ1) is 9.45. The molecule has 5 heteroatoms. The molecule has 2 N–H and O–H groups in total. The summed E-state index contributed by atoms with van der Waals surface area (Å²) < 4.78 is 5.14. The molecule has 1 saturated carbocycles. The van der Waals surface area contributed by atoms with E-state index in [9.17, 15) is 0 Å². The number of rotatable bonds is 4. The van der Waals surface area contributed by atoms with Crippen LogP contribution in [0.4, 0.5) is 6.01 Å². The van der Waals surface area contributed by atoms with Crippen LogP contribution in [0.25, 0.3) is 0 Å². The zero-order valence-corrected chi connectivity index (χ0v) is 8.60. The minimum Gasteiger partial charge on any atom is -0.326 e. The van der Waals surface area contributed by atoms with Crippen LogP contribution in [-0.2, 0) is 0 Å². The fourth-order valence-corrected chi connectivity index (χ4v) is 1.40. The zero-order valence-electron chi connectivity index (χ0n) is 8.60. The van der Waals surface area contributed by atoms with E-state index in [1.54, 1.807) is 0 Å². The summed E-state index contributed by atoms with van der Waals surface area (Å²) in [6, 6.07) is 0.681. The third kappa shape index (κ3) is 2.04. The van der Waals surface area contributed by atoms with E-state index in [0.717, 1.165) is 12.4 Å². The van der Waals surface area contributed by atoms with Gasteiger partial charge in [0.2, 0.25) is 0 Å². The van der Waals surface area contributed by atoms with Crippen LogP contribution in [0.5, 0.6) is 0 Å². The fraction of sp³-hybridized carbons (Fsp3) is 0.778. The van der Waals surface area contributed by atoms with Gasteiger partial charge in [-0.3, -0.25) is 0 Å². The van der Waals surface area contributed by atoms with Crippen molar-refractivity contribution in [2.75, 3.05) is 18.5 Å². The molecule has 1 atom stereocenters. The van der Waals surface area contributed by atoms with Crippen molar-refractivity contribution in [2.45, 2.75) is 31.7 Å². The maximum atomic E-state index is 5.68. The van der Waals surface area contributed by atoms with Crippen molar-refractivity contribution < 1.29 is 4.52 Å². The lowest BCUT2D eigenvalue weighted by Crippen LogP contribution is -2.32. The highest BCUT2D eigenvalue weighted by atomic mass is 16.5. The standard InChI is InChI=1S/C9H16N4O/c1-6(10)5-13(2)9-11-8(12-14-9)7-3-4-7/h6-7H,3-5,10H2,1-2H3. The first-order valence-electron chi connectivity index (χ1n) is 4.97. The summed E-state index contributed by atoms with van der Waals surface area (Å²) >= 11 is 0. The Balaban J connectivity index is 2.00. The predicted octanol–water partition coefficient (Wildman–Crippen LogP) is 0.730. The minimum absolute atomic E-state index is 0.108. The fourth-order valence-electron chi connectivity index (χ4n) is 1.40. The maximum Gasteiger partial charge on any atom is 0.323 e. The summed E-state index contributed by atoms with van der Waals surface area (Å²) in [5.74, 6) is 1.38. The summed E-state index contributed by atoms with van der Waals surface area (Å²) in [6.07, 6.45) is 2.38. The molecule has 1 fully saturated rings. The van der Waals surface area contributed by atoms with Crippen LogP contribution >= 0.6 is 0 Å². The molecule has 0 amide bonds. The first-order chi connectivity index (χ1) is 6.66. The Hall–Kier alpha value is -1.10. The van der Waals surface area contributed by atoms with Gasteiger partial charge in [-0.05, 0) is 19.8 Å². The van der Waals surface area contributed by atoms with Crippen molar-refractivity contribution in [1.82, 2.24) is 10.1 Å². The molecule has 1 aromatic heterocycles. The van der Waals surface area contributed by atoms with E-state index in [0.29, 0.717) is 11.9 Å². The molecule has 0 saturated heterocycles. The quantitative estimate of drug-likeness (QED) is 0.768. The lowest BCUT2D eigenvalue weighted by molar-refractivity contribution is 0.409. The number of anilines is 1. The second-order valence-corrected chi connectivity index (χ2v) is 4.07. The summed E-state index contributed by atoms with van der Waals surface area (Å²) in [5, 5.41) is 3.94. The van der Waals surface area contributed by atoms with Gasteiger partial charge in [0.15, 0.2) is 5.82 Å². The second-order valence-electron chi connectivity index (χ2n) is 4.07. The van der Waals surface area contributed by atoms with Crippen LogP contribution in [0.1, 0.15) is 31.5 Å². The van der Waals surface area contributed by atoms with Gasteiger partial charge in [0.1, 0.15) is 0 Å². The zero-order chi connectivity index (χ0) is 10.1. The Morgan fingerprint density at radius 2 is 2.36 bits per heavy atom. The molecule has 5 nitrogen and oxygen atoms in total. The molecule has 0 radical (unpaired) electrons. The molecular formula is C9H16N4O. The molecule has 2 rings (SSSR count). The summed E-state index contributed by atoms with van der Waals surface area (Å²) in [6.45, 7) is 2.68. The van der Waals surface area contributed by atoms with E-state index in [1.165, 1.54) is 12.8 Å². The smallest absolute Gasteiger partial charge is 0.323 e. The highest BCUT2D eigenvalue weighted by Gasteiger charge is 2.29. The molecule has 0 spiro atoms. The van der Waals surface area contributed by atoms with Crippen molar-refractivity contribution in [2.24, 2.45) is 5.73 Å². The molecule has 1 heterocycles. The summed E-state index contributed by atoms with van der Waals surface area (Å²) in [4.78, 5) is 6.21. The molecule has 0 bridgehead atoms. The van der Waals surface area contributed by atoms with Crippen LogP contribution in [0, 0.1) is 0 Å². The predicted molar refractivity (Wildman–Crippen MR) is 53.2 cm³/mol. The SMILES string of the molecule is CC(N)CN(C)c1nc(C2CC2)no1. The molecule has 0 aromatic carbocycles. The molecule has 1 aliphatic carbocycles. The first-order valence-corrected chi connectivity index (χ1v) is 4.97. The third-order valence-electron chi connectivity index (χ3n) is 2.26. The second kappa shape index (κ2) is 3.57. The molecular weight excluding hydrogens is 180 g/mol. The summed E-state index contributed by atoms with van der Waals surface area (Å²) in [7, 11) is 1.91. The van der Waals surface area contributed by atoms with Gasteiger partial charge in [-0.1, -0.05) is 5.16 Å². The van der Waals surface area contributed by atoms with Gasteiger partial charge < -0.3 is 15.2 Å². The van der Waals surface area contributed by atoms with Gasteiger partial charge in [0.05, 0.1) is 0 Å². The van der Waals surface area contributed by atoms with Crippen molar-refractivity contribution in [3.63, 3.8) is 0 Å². The van der Waals surface area contributed by atoms with E-state index in [-0.39, 0.29) is 6.04 Å². The number of hydrogen-bond donors (Lipinski definition) is 1. The topological polar surface area (TPSA) is 68.2 Å². The normalized spacial score (nSPS) is 18.2. The Morgan fingerprint density at radius 1 is 1.64 bits per heavy atom. The summed E-state index contributed by atoms with van der Waals surface area (Å²) in [5.41, 5.74) is 5.68. The van der Waals surface area contributed by atoms with Crippen LogP contribution < -0.4 is 10.6 Å². The van der Waals surface area contributed by atoms with Gasteiger partial charge in [-0.15, -0.1) is 0 Å². The van der Waals surface area contributed by atoms with Crippen molar-refractivity contribution in [1.29, 1.82) is 0 Å². The Morgan fingerprint density at radius 3 is 2.93 bits per heavy atom. The average molecular weight is 196 g/mol. The van der Waals surface area contributed by atoms with Crippen LogP contribution in [-0.4, -0.2) is 29.8 Å². The monoisotopic (exact) mass is 196 g/mol. The van der Waals surface area contributed by atoms with Crippen LogP contribution in [0.15, 0.2) is 4.52 Å². The molecule has 1 unspecified atom stereocenters. The van der Waals surface area contributed by atoms with E-state index < -0.39 is 0 Å². The lowest BCUT2D eigenvalue weighted by atomic mass is 10.3. The van der Waals surface area contributed by atoms with Gasteiger partial charge in [-0.2, -0.15) is 4.98 Å². The van der Waals surface area contributed by atoms with Crippen molar-refractivity contribution in [3.8, 4) is 0 Å². The number of likely N-dealkylation sites (N-methyl/N-ethyl adjacent to an activating group) is 1. The van der Waals surface area contributed by atoms with Gasteiger partial charge in [0, 0.05) is 25.6 Å². The highest BCUT2D eigenvalue weighted by molar-refractivity contribution is 5.24. The highest BCUT2D eigenvalue weighted by Crippen LogP contribution is 2.38. The molecule has 1 aliphatic rings. The Kier molecular flexibility index (Phi) is 2.41.